The van der Waals surface area contributed by atoms with Gasteiger partial charge in [-0.2, -0.15) is 0 Å². The lowest BCUT2D eigenvalue weighted by Gasteiger charge is -2.36. The minimum Gasteiger partial charge on any atom is -0.480 e. The van der Waals surface area contributed by atoms with Crippen molar-refractivity contribution in [1.82, 2.24) is 4.90 Å². The summed E-state index contributed by atoms with van der Waals surface area (Å²) in [5.74, 6) is -0.215. The van der Waals surface area contributed by atoms with E-state index in [-0.39, 0.29) is 16.7 Å². The Morgan fingerprint density at radius 2 is 1.95 bits per heavy atom. The zero-order valence-electron chi connectivity index (χ0n) is 12.4. The van der Waals surface area contributed by atoms with Crippen molar-refractivity contribution in [2.75, 3.05) is 5.75 Å². The first-order valence-electron chi connectivity index (χ1n) is 7.73. The summed E-state index contributed by atoms with van der Waals surface area (Å²) in [7, 11) is 0. The third-order valence-electron chi connectivity index (χ3n) is 4.84. The van der Waals surface area contributed by atoms with Crippen LogP contribution in [-0.4, -0.2) is 39.1 Å². The maximum Gasteiger partial charge on any atom is 0.327 e. The van der Waals surface area contributed by atoms with E-state index in [2.05, 4.69) is 13.8 Å². The molecule has 0 aromatic rings. The van der Waals surface area contributed by atoms with Gasteiger partial charge >= 0.3 is 5.97 Å². The van der Waals surface area contributed by atoms with E-state index >= 15 is 0 Å². The molecule has 4 nitrogen and oxygen atoms in total. The van der Waals surface area contributed by atoms with Crippen LogP contribution in [0.15, 0.2) is 0 Å². The zero-order chi connectivity index (χ0) is 14.8. The van der Waals surface area contributed by atoms with E-state index in [0.29, 0.717) is 5.75 Å². The maximum absolute atomic E-state index is 13.0. The Kier molecular flexibility index (Phi) is 4.99. The Morgan fingerprint density at radius 3 is 2.45 bits per heavy atom. The van der Waals surface area contributed by atoms with Crippen LogP contribution in [-0.2, 0) is 9.59 Å². The Bertz CT molecular complexity index is 379. The van der Waals surface area contributed by atoms with Gasteiger partial charge in [0.2, 0.25) is 5.91 Å². The van der Waals surface area contributed by atoms with Crippen molar-refractivity contribution >= 4 is 23.6 Å². The lowest BCUT2D eigenvalue weighted by molar-refractivity contribution is -0.154. The number of carboxylic acids is 1. The summed E-state index contributed by atoms with van der Waals surface area (Å²) in [5.41, 5.74) is -0.287. The number of amides is 1. The molecular formula is C15H25NO3S. The SMILES string of the molecule is CCCC1SCC(C(=O)O)N1C(=O)C1(CC)CCCC1. The number of nitrogens with zero attached hydrogens (tertiary/aromatic N) is 1. The molecule has 2 rings (SSSR count). The van der Waals surface area contributed by atoms with Gasteiger partial charge in [-0.1, -0.05) is 33.1 Å². The van der Waals surface area contributed by atoms with Gasteiger partial charge < -0.3 is 10.0 Å². The smallest absolute Gasteiger partial charge is 0.327 e. The Labute approximate surface area is 125 Å². The molecular weight excluding hydrogens is 274 g/mol. The van der Waals surface area contributed by atoms with Crippen molar-refractivity contribution in [2.45, 2.75) is 70.2 Å². The first-order valence-corrected chi connectivity index (χ1v) is 8.78. The zero-order valence-corrected chi connectivity index (χ0v) is 13.2. The van der Waals surface area contributed by atoms with Crippen molar-refractivity contribution in [2.24, 2.45) is 5.41 Å². The fourth-order valence-corrected chi connectivity index (χ4v) is 5.05. The summed E-state index contributed by atoms with van der Waals surface area (Å²) < 4.78 is 0. The van der Waals surface area contributed by atoms with Gasteiger partial charge in [-0.25, -0.2) is 4.79 Å². The molecule has 5 heteroatoms. The van der Waals surface area contributed by atoms with Crippen LogP contribution in [0.25, 0.3) is 0 Å². The average molecular weight is 299 g/mol. The molecule has 1 N–H and O–H groups in total. The van der Waals surface area contributed by atoms with E-state index in [1.165, 1.54) is 0 Å². The summed E-state index contributed by atoms with van der Waals surface area (Å²) in [6, 6.07) is -0.631. The molecule has 0 bridgehead atoms. The lowest BCUT2D eigenvalue weighted by Crippen LogP contribution is -2.51. The van der Waals surface area contributed by atoms with E-state index in [1.807, 2.05) is 0 Å². The highest BCUT2D eigenvalue weighted by atomic mass is 32.2. The number of rotatable bonds is 5. The van der Waals surface area contributed by atoms with Crippen LogP contribution in [0, 0.1) is 5.41 Å². The fourth-order valence-electron chi connectivity index (χ4n) is 3.54. The summed E-state index contributed by atoms with van der Waals surface area (Å²) in [4.78, 5) is 26.2. The number of aliphatic carboxylic acids is 1. The molecule has 1 heterocycles. The van der Waals surface area contributed by atoms with Crippen LogP contribution in [0.2, 0.25) is 0 Å². The van der Waals surface area contributed by atoms with Crippen LogP contribution in [0.4, 0.5) is 0 Å². The number of carbonyl (C=O) groups is 2. The predicted octanol–water partition coefficient (Wildman–Crippen LogP) is 3.11. The average Bonchev–Trinajstić information content (AvgIpc) is 3.05. The minimum atomic E-state index is -0.853. The summed E-state index contributed by atoms with van der Waals surface area (Å²) in [5, 5.41) is 9.46. The normalized spacial score (nSPS) is 28.8. The molecule has 114 valence electrons. The number of thioether (sulfide) groups is 1. The highest BCUT2D eigenvalue weighted by Gasteiger charge is 2.49. The number of hydrogen-bond acceptors (Lipinski definition) is 3. The summed E-state index contributed by atoms with van der Waals surface area (Å²) in [6.07, 6.45) is 6.74. The second-order valence-electron chi connectivity index (χ2n) is 5.98. The van der Waals surface area contributed by atoms with Gasteiger partial charge in [0, 0.05) is 11.2 Å². The summed E-state index contributed by atoms with van der Waals surface area (Å²) >= 11 is 1.63. The molecule has 2 aliphatic rings. The first-order chi connectivity index (χ1) is 9.55. The van der Waals surface area contributed by atoms with E-state index in [4.69, 9.17) is 0 Å². The highest BCUT2D eigenvalue weighted by molar-refractivity contribution is 8.00. The Balaban J connectivity index is 2.24. The maximum atomic E-state index is 13.0. The van der Waals surface area contributed by atoms with Gasteiger partial charge in [-0.05, 0) is 25.7 Å². The van der Waals surface area contributed by atoms with Gasteiger partial charge in [0.05, 0.1) is 5.37 Å². The lowest BCUT2D eigenvalue weighted by atomic mass is 9.81. The first kappa shape index (κ1) is 15.7. The molecule has 1 aliphatic carbocycles. The molecule has 1 saturated heterocycles. The van der Waals surface area contributed by atoms with Crippen molar-refractivity contribution < 1.29 is 14.7 Å². The van der Waals surface area contributed by atoms with Crippen LogP contribution in [0.3, 0.4) is 0 Å². The summed E-state index contributed by atoms with van der Waals surface area (Å²) in [6.45, 7) is 4.15. The minimum absolute atomic E-state index is 0.0534. The quantitative estimate of drug-likeness (QED) is 0.847. The molecule has 2 unspecified atom stereocenters. The number of carbonyl (C=O) groups excluding carboxylic acids is 1. The van der Waals surface area contributed by atoms with Crippen molar-refractivity contribution in [3.05, 3.63) is 0 Å². The fraction of sp³-hybridized carbons (Fsp3) is 0.867. The van der Waals surface area contributed by atoms with E-state index < -0.39 is 12.0 Å². The van der Waals surface area contributed by atoms with Crippen molar-refractivity contribution in [3.8, 4) is 0 Å². The third-order valence-corrected chi connectivity index (χ3v) is 6.19. The van der Waals surface area contributed by atoms with Gasteiger partial charge in [-0.15, -0.1) is 11.8 Å². The number of carboxylic acid groups (broad SMARTS) is 1. The molecule has 0 aromatic carbocycles. The topological polar surface area (TPSA) is 57.6 Å². The van der Waals surface area contributed by atoms with E-state index in [1.54, 1.807) is 16.7 Å². The highest BCUT2D eigenvalue weighted by Crippen LogP contribution is 2.45. The second kappa shape index (κ2) is 6.37. The second-order valence-corrected chi connectivity index (χ2v) is 7.19. The Morgan fingerprint density at radius 1 is 1.30 bits per heavy atom. The van der Waals surface area contributed by atoms with E-state index in [9.17, 15) is 14.7 Å². The van der Waals surface area contributed by atoms with Crippen molar-refractivity contribution in [1.29, 1.82) is 0 Å². The standard InChI is InChI=1S/C15H25NO3S/c1-3-7-12-16(11(10-20-12)13(17)18)14(19)15(4-2)8-5-6-9-15/h11-12H,3-10H2,1-2H3,(H,17,18). The molecule has 2 atom stereocenters. The van der Waals surface area contributed by atoms with Gasteiger partial charge in [-0.3, -0.25) is 4.79 Å². The predicted molar refractivity (Wildman–Crippen MR) is 80.6 cm³/mol. The van der Waals surface area contributed by atoms with Crippen LogP contribution >= 0.6 is 11.8 Å². The van der Waals surface area contributed by atoms with Crippen LogP contribution in [0.1, 0.15) is 58.8 Å². The third kappa shape index (κ3) is 2.69. The molecule has 0 aromatic heterocycles. The molecule has 0 spiro atoms. The van der Waals surface area contributed by atoms with Gasteiger partial charge in [0.15, 0.2) is 0 Å². The molecule has 1 saturated carbocycles. The van der Waals surface area contributed by atoms with Gasteiger partial charge in [0.1, 0.15) is 6.04 Å². The van der Waals surface area contributed by atoms with Gasteiger partial charge in [0.25, 0.3) is 0 Å². The molecule has 0 radical (unpaired) electrons. The molecule has 1 aliphatic heterocycles. The molecule has 1 amide bonds. The number of hydrogen-bond donors (Lipinski definition) is 1. The van der Waals surface area contributed by atoms with Crippen LogP contribution < -0.4 is 0 Å². The largest absolute Gasteiger partial charge is 0.480 e. The molecule has 2 fully saturated rings. The monoisotopic (exact) mass is 299 g/mol. The van der Waals surface area contributed by atoms with Crippen molar-refractivity contribution in [3.63, 3.8) is 0 Å². The molecule has 20 heavy (non-hydrogen) atoms. The Hall–Kier alpha value is -0.710. The van der Waals surface area contributed by atoms with E-state index in [0.717, 1.165) is 44.9 Å². The van der Waals surface area contributed by atoms with Crippen LogP contribution in [0.5, 0.6) is 0 Å².